The number of methoxy groups -OCH3 is 1. The van der Waals surface area contributed by atoms with Crippen molar-refractivity contribution < 1.29 is 28.6 Å². The van der Waals surface area contributed by atoms with Crippen LogP contribution in [-0.4, -0.2) is 44.2 Å². The fraction of sp³-hybridized carbons (Fsp3) is 0.192. The number of aliphatic hydroxyl groups excluding tert-OH is 1. The Morgan fingerprint density at radius 3 is 2.51 bits per heavy atom. The van der Waals surface area contributed by atoms with Gasteiger partial charge < -0.3 is 14.2 Å². The lowest BCUT2D eigenvalue weighted by atomic mass is 9.96. The molecule has 188 valence electrons. The number of pyridine rings is 1. The number of fused-ring (bicyclic) bond motifs is 1. The van der Waals surface area contributed by atoms with E-state index in [0.717, 1.165) is 21.8 Å². The maximum absolute atomic E-state index is 15.1. The number of carbonyl (C=O) groups excluding carboxylic acids is 3. The predicted molar refractivity (Wildman–Crippen MR) is 134 cm³/mol. The van der Waals surface area contributed by atoms with Crippen LogP contribution in [0.25, 0.3) is 11.4 Å². The Labute approximate surface area is 214 Å². The monoisotopic (exact) mass is 520 g/mol. The highest BCUT2D eigenvalue weighted by molar-refractivity contribution is 7.17. The first-order valence-electron chi connectivity index (χ1n) is 11.2. The van der Waals surface area contributed by atoms with Gasteiger partial charge in [0, 0.05) is 11.8 Å². The number of hydrogen-bond donors (Lipinski definition) is 1. The summed E-state index contributed by atoms with van der Waals surface area (Å²) in [5.74, 6) is -3.91. The van der Waals surface area contributed by atoms with Crippen molar-refractivity contribution in [3.63, 3.8) is 0 Å². The number of amides is 1. The number of aliphatic hydroxyl groups is 1. The quantitative estimate of drug-likeness (QED) is 0.185. The average molecular weight is 521 g/mol. The van der Waals surface area contributed by atoms with Crippen LogP contribution in [0, 0.1) is 26.6 Å². The van der Waals surface area contributed by atoms with Crippen LogP contribution in [-0.2, 0) is 14.3 Å². The minimum absolute atomic E-state index is 0.00475. The van der Waals surface area contributed by atoms with Gasteiger partial charge in [0.05, 0.1) is 24.1 Å². The zero-order valence-corrected chi connectivity index (χ0v) is 21.1. The van der Waals surface area contributed by atoms with Crippen molar-refractivity contribution in [2.45, 2.75) is 26.8 Å². The highest BCUT2D eigenvalue weighted by Crippen LogP contribution is 2.44. The van der Waals surface area contributed by atoms with Crippen LogP contribution in [0.15, 0.2) is 48.2 Å². The summed E-state index contributed by atoms with van der Waals surface area (Å²) in [6, 6.07) is 7.99. The van der Waals surface area contributed by atoms with Crippen molar-refractivity contribution in [3.05, 3.63) is 87.1 Å². The summed E-state index contributed by atoms with van der Waals surface area (Å²) in [5, 5.41) is 11.4. The van der Waals surface area contributed by atoms with Gasteiger partial charge in [-0.05, 0) is 38.5 Å². The van der Waals surface area contributed by atoms with Crippen LogP contribution in [0.1, 0.15) is 43.9 Å². The van der Waals surface area contributed by atoms with Crippen molar-refractivity contribution in [2.75, 3.05) is 12.0 Å². The number of hydrogen-bond acceptors (Lipinski definition) is 8. The first kappa shape index (κ1) is 24.3. The second kappa shape index (κ2) is 8.93. The van der Waals surface area contributed by atoms with E-state index in [1.165, 1.54) is 25.3 Å². The fourth-order valence-electron chi connectivity index (χ4n) is 4.46. The van der Waals surface area contributed by atoms with E-state index < -0.39 is 35.3 Å². The molecular weight excluding hydrogens is 499 g/mol. The summed E-state index contributed by atoms with van der Waals surface area (Å²) in [6.07, 6.45) is 1.76. The number of benzene rings is 1. The number of nitrogens with zero attached hydrogens (tertiary/aromatic N) is 4. The number of carbonyl (C=O) groups is 3. The summed E-state index contributed by atoms with van der Waals surface area (Å²) >= 11 is 0.839. The van der Waals surface area contributed by atoms with Gasteiger partial charge in [-0.15, -0.1) is 0 Å². The Morgan fingerprint density at radius 1 is 1.11 bits per heavy atom. The van der Waals surface area contributed by atoms with Crippen LogP contribution in [0.4, 0.5) is 9.52 Å². The molecule has 1 amide bonds. The molecule has 0 radical (unpaired) electrons. The fourth-order valence-corrected chi connectivity index (χ4v) is 5.47. The Kier molecular flexibility index (Phi) is 5.87. The standard InChI is InChI=1S/C26H21FN4O5S/c1-12-8-7-11-30-14(3)18(29-23(12)30)20(32)17-19(15-9-5-6-10-16(15)27)31(24(34)21(17)33)26-28-13(2)22(37-26)25(35)36-4/h5-11,19,32H,1-4H3/b20-17+. The Bertz CT molecular complexity index is 1650. The van der Waals surface area contributed by atoms with Gasteiger partial charge in [-0.3, -0.25) is 14.5 Å². The number of ketones is 1. The van der Waals surface area contributed by atoms with E-state index >= 15 is 4.39 Å². The molecule has 1 aliphatic heterocycles. The molecule has 0 bridgehead atoms. The lowest BCUT2D eigenvalue weighted by Crippen LogP contribution is -2.29. The van der Waals surface area contributed by atoms with Crippen molar-refractivity contribution in [1.82, 2.24) is 14.4 Å². The zero-order chi connectivity index (χ0) is 26.6. The summed E-state index contributed by atoms with van der Waals surface area (Å²) < 4.78 is 21.7. The first-order valence-corrected chi connectivity index (χ1v) is 12.0. The molecule has 1 fully saturated rings. The van der Waals surface area contributed by atoms with Crippen LogP contribution in [0.5, 0.6) is 0 Å². The van der Waals surface area contributed by atoms with E-state index in [4.69, 9.17) is 4.74 Å². The van der Waals surface area contributed by atoms with Crippen molar-refractivity contribution in [2.24, 2.45) is 0 Å². The number of thiazole rings is 1. The molecule has 0 spiro atoms. The molecule has 9 nitrogen and oxygen atoms in total. The minimum Gasteiger partial charge on any atom is -0.505 e. The third kappa shape index (κ3) is 3.70. The lowest BCUT2D eigenvalue weighted by molar-refractivity contribution is -0.132. The number of Topliss-reactive ketones (excluding diaryl/α,β-unsaturated/α-hetero) is 1. The number of aryl methyl sites for hydroxylation is 3. The zero-order valence-electron chi connectivity index (χ0n) is 20.3. The molecule has 3 aromatic heterocycles. The molecule has 4 heterocycles. The molecule has 1 atom stereocenters. The van der Waals surface area contributed by atoms with Gasteiger partial charge in [0.1, 0.15) is 28.1 Å². The van der Waals surface area contributed by atoms with Gasteiger partial charge in [-0.2, -0.15) is 0 Å². The number of rotatable bonds is 4. The first-order chi connectivity index (χ1) is 17.6. The van der Waals surface area contributed by atoms with Crippen LogP contribution in [0.3, 0.4) is 0 Å². The average Bonchev–Trinajstić information content (AvgIpc) is 3.51. The van der Waals surface area contributed by atoms with Crippen LogP contribution >= 0.6 is 11.3 Å². The largest absolute Gasteiger partial charge is 0.505 e. The van der Waals surface area contributed by atoms with Gasteiger partial charge in [-0.1, -0.05) is 35.6 Å². The smallest absolute Gasteiger partial charge is 0.350 e. The molecule has 0 saturated carbocycles. The highest BCUT2D eigenvalue weighted by Gasteiger charge is 2.49. The van der Waals surface area contributed by atoms with Crippen molar-refractivity contribution >= 4 is 45.5 Å². The summed E-state index contributed by atoms with van der Waals surface area (Å²) in [5.41, 5.74) is 1.97. The minimum atomic E-state index is -1.34. The second-order valence-corrected chi connectivity index (χ2v) is 9.50. The van der Waals surface area contributed by atoms with E-state index in [1.807, 2.05) is 19.1 Å². The third-order valence-corrected chi connectivity index (χ3v) is 7.45. The molecule has 1 N–H and O–H groups in total. The molecule has 1 aliphatic rings. The summed E-state index contributed by atoms with van der Waals surface area (Å²) in [6.45, 7) is 5.13. The number of halogens is 1. The van der Waals surface area contributed by atoms with E-state index in [1.54, 1.807) is 30.5 Å². The summed E-state index contributed by atoms with van der Waals surface area (Å²) in [4.78, 5) is 48.9. The third-order valence-electron chi connectivity index (χ3n) is 6.31. The molecule has 1 aromatic carbocycles. The molecule has 11 heteroatoms. The molecule has 1 saturated heterocycles. The molecular formula is C26H21FN4O5S. The van der Waals surface area contributed by atoms with Crippen LogP contribution in [0.2, 0.25) is 0 Å². The van der Waals surface area contributed by atoms with Gasteiger partial charge in [0.15, 0.2) is 10.9 Å². The molecule has 1 unspecified atom stereocenters. The van der Waals surface area contributed by atoms with Crippen LogP contribution < -0.4 is 4.90 Å². The van der Waals surface area contributed by atoms with Crippen molar-refractivity contribution in [1.29, 1.82) is 0 Å². The maximum Gasteiger partial charge on any atom is 0.350 e. The van der Waals surface area contributed by atoms with E-state index in [9.17, 15) is 19.5 Å². The Balaban J connectivity index is 1.77. The molecule has 5 rings (SSSR count). The van der Waals surface area contributed by atoms with Gasteiger partial charge in [0.25, 0.3) is 5.78 Å². The number of anilines is 1. The highest BCUT2D eigenvalue weighted by atomic mass is 32.1. The summed E-state index contributed by atoms with van der Waals surface area (Å²) in [7, 11) is 1.21. The van der Waals surface area contributed by atoms with E-state index in [-0.39, 0.29) is 32.5 Å². The lowest BCUT2D eigenvalue weighted by Gasteiger charge is -2.23. The number of ether oxygens (including phenoxy) is 1. The van der Waals surface area contributed by atoms with Gasteiger partial charge in [0.2, 0.25) is 0 Å². The molecule has 0 aliphatic carbocycles. The SMILES string of the molecule is COC(=O)c1sc(N2C(=O)C(=O)/C(=C(/O)c3nc4c(C)cccn4c3C)C2c2ccccc2F)nc1C. The number of esters is 1. The normalized spacial score (nSPS) is 17.1. The Morgan fingerprint density at radius 2 is 1.84 bits per heavy atom. The topological polar surface area (TPSA) is 114 Å². The van der Waals surface area contributed by atoms with Gasteiger partial charge >= 0.3 is 11.9 Å². The van der Waals surface area contributed by atoms with Crippen molar-refractivity contribution in [3.8, 4) is 0 Å². The maximum atomic E-state index is 15.1. The molecule has 4 aromatic rings. The predicted octanol–water partition coefficient (Wildman–Crippen LogP) is 4.27. The Hall–Kier alpha value is -4.38. The number of aromatic nitrogens is 3. The number of imidazole rings is 1. The molecule has 37 heavy (non-hydrogen) atoms. The van der Waals surface area contributed by atoms with E-state index in [2.05, 4.69) is 9.97 Å². The van der Waals surface area contributed by atoms with E-state index in [0.29, 0.717) is 11.3 Å². The van der Waals surface area contributed by atoms with Gasteiger partial charge in [-0.25, -0.2) is 19.2 Å². The second-order valence-electron chi connectivity index (χ2n) is 8.52.